The molecule has 3 aromatic rings. The molecule has 0 spiro atoms. The molecule has 1 N–H and O–H groups in total. The summed E-state index contributed by atoms with van der Waals surface area (Å²) in [6.45, 7) is 7.37. The second kappa shape index (κ2) is 5.43. The molecule has 1 aromatic carbocycles. The van der Waals surface area contributed by atoms with E-state index in [1.807, 2.05) is 29.5 Å². The van der Waals surface area contributed by atoms with Crippen LogP contribution in [0.5, 0.6) is 0 Å². The SMILES string of the molecule is Cc1cc(CNC(C)c2cc3ccccc3o2)c(C)s1. The van der Waals surface area contributed by atoms with E-state index in [-0.39, 0.29) is 6.04 Å². The average Bonchev–Trinajstić information content (AvgIpc) is 2.99. The molecule has 3 rings (SSSR count). The molecule has 2 nitrogen and oxygen atoms in total. The van der Waals surface area contributed by atoms with Crippen LogP contribution in [-0.4, -0.2) is 0 Å². The highest BCUT2D eigenvalue weighted by Crippen LogP contribution is 2.25. The molecule has 20 heavy (non-hydrogen) atoms. The molecule has 0 bridgehead atoms. The Kier molecular flexibility index (Phi) is 3.64. The molecule has 2 heterocycles. The minimum absolute atomic E-state index is 0.210. The molecule has 0 aliphatic carbocycles. The lowest BCUT2D eigenvalue weighted by atomic mass is 10.2. The summed E-state index contributed by atoms with van der Waals surface area (Å²) in [5.41, 5.74) is 2.34. The van der Waals surface area contributed by atoms with Crippen molar-refractivity contribution in [1.29, 1.82) is 0 Å². The largest absolute Gasteiger partial charge is 0.459 e. The zero-order valence-electron chi connectivity index (χ0n) is 12.1. The van der Waals surface area contributed by atoms with E-state index in [0.717, 1.165) is 17.9 Å². The van der Waals surface area contributed by atoms with Gasteiger partial charge in [0.15, 0.2) is 0 Å². The maximum atomic E-state index is 5.89. The van der Waals surface area contributed by atoms with Gasteiger partial charge in [-0.15, -0.1) is 11.3 Å². The van der Waals surface area contributed by atoms with Gasteiger partial charge in [-0.1, -0.05) is 18.2 Å². The Bertz CT molecular complexity index is 693. The van der Waals surface area contributed by atoms with Crippen LogP contribution in [0.4, 0.5) is 0 Å². The molecule has 0 radical (unpaired) electrons. The first-order valence-corrected chi connectivity index (χ1v) is 7.73. The number of aryl methyl sites for hydroxylation is 2. The smallest absolute Gasteiger partial charge is 0.134 e. The average molecular weight is 285 g/mol. The minimum Gasteiger partial charge on any atom is -0.459 e. The molecule has 2 aromatic heterocycles. The van der Waals surface area contributed by atoms with E-state index in [0.29, 0.717) is 0 Å². The van der Waals surface area contributed by atoms with Crippen molar-refractivity contribution in [1.82, 2.24) is 5.32 Å². The van der Waals surface area contributed by atoms with E-state index >= 15 is 0 Å². The van der Waals surface area contributed by atoms with Gasteiger partial charge in [0.05, 0.1) is 6.04 Å². The number of hydrogen-bond acceptors (Lipinski definition) is 3. The molecule has 104 valence electrons. The highest BCUT2D eigenvalue weighted by Gasteiger charge is 2.12. The fraction of sp³-hybridized carbons (Fsp3) is 0.294. The third kappa shape index (κ3) is 2.65. The highest BCUT2D eigenvalue weighted by atomic mass is 32.1. The number of nitrogens with one attached hydrogen (secondary N) is 1. The monoisotopic (exact) mass is 285 g/mol. The van der Waals surface area contributed by atoms with Crippen LogP contribution in [-0.2, 0) is 6.54 Å². The van der Waals surface area contributed by atoms with Crippen molar-refractivity contribution < 1.29 is 4.42 Å². The number of rotatable bonds is 4. The summed E-state index contributed by atoms with van der Waals surface area (Å²) in [4.78, 5) is 2.77. The Morgan fingerprint density at radius 2 is 2.00 bits per heavy atom. The van der Waals surface area contributed by atoms with Crippen molar-refractivity contribution in [3.8, 4) is 0 Å². The minimum atomic E-state index is 0.210. The Morgan fingerprint density at radius 3 is 2.70 bits per heavy atom. The number of hydrogen-bond donors (Lipinski definition) is 1. The molecular weight excluding hydrogens is 266 g/mol. The third-order valence-corrected chi connectivity index (χ3v) is 4.62. The quantitative estimate of drug-likeness (QED) is 0.732. The van der Waals surface area contributed by atoms with Crippen LogP contribution in [0.2, 0.25) is 0 Å². The van der Waals surface area contributed by atoms with Gasteiger partial charge in [-0.3, -0.25) is 0 Å². The summed E-state index contributed by atoms with van der Waals surface area (Å²) >= 11 is 1.86. The first-order valence-electron chi connectivity index (χ1n) is 6.91. The van der Waals surface area contributed by atoms with Gasteiger partial charge in [0.2, 0.25) is 0 Å². The molecule has 0 fully saturated rings. The Hall–Kier alpha value is -1.58. The molecule has 0 saturated heterocycles. The van der Waals surface area contributed by atoms with Crippen LogP contribution in [0.1, 0.15) is 34.0 Å². The van der Waals surface area contributed by atoms with Crippen LogP contribution in [0.15, 0.2) is 40.8 Å². The summed E-state index contributed by atoms with van der Waals surface area (Å²) in [6.07, 6.45) is 0. The van der Waals surface area contributed by atoms with Gasteiger partial charge < -0.3 is 9.73 Å². The van der Waals surface area contributed by atoms with E-state index in [2.05, 4.69) is 44.3 Å². The van der Waals surface area contributed by atoms with Crippen LogP contribution in [0.3, 0.4) is 0 Å². The number of para-hydroxylation sites is 1. The lowest BCUT2D eigenvalue weighted by Crippen LogP contribution is -2.17. The third-order valence-electron chi connectivity index (χ3n) is 3.61. The normalized spacial score (nSPS) is 12.9. The number of fused-ring (bicyclic) bond motifs is 1. The standard InChI is InChI=1S/C17H19NOS/c1-11-8-15(13(3)20-11)10-18-12(2)17-9-14-6-4-5-7-16(14)19-17/h4-9,12,18H,10H2,1-3H3. The zero-order chi connectivity index (χ0) is 14.1. The van der Waals surface area contributed by atoms with E-state index in [1.54, 1.807) is 0 Å². The van der Waals surface area contributed by atoms with Gasteiger partial charge in [0, 0.05) is 21.7 Å². The Balaban J connectivity index is 1.72. The van der Waals surface area contributed by atoms with E-state index < -0.39 is 0 Å². The van der Waals surface area contributed by atoms with Crippen molar-refractivity contribution in [2.24, 2.45) is 0 Å². The maximum absolute atomic E-state index is 5.89. The summed E-state index contributed by atoms with van der Waals surface area (Å²) < 4.78 is 5.89. The number of furan rings is 1. The van der Waals surface area contributed by atoms with Gasteiger partial charge in [0.1, 0.15) is 11.3 Å². The number of benzene rings is 1. The molecule has 0 amide bonds. The number of thiophene rings is 1. The van der Waals surface area contributed by atoms with Gasteiger partial charge >= 0.3 is 0 Å². The summed E-state index contributed by atoms with van der Waals surface area (Å²) in [5.74, 6) is 0.996. The molecule has 0 aliphatic rings. The van der Waals surface area contributed by atoms with Gasteiger partial charge in [-0.05, 0) is 44.5 Å². The predicted molar refractivity (Wildman–Crippen MR) is 85.3 cm³/mol. The highest BCUT2D eigenvalue weighted by molar-refractivity contribution is 7.12. The van der Waals surface area contributed by atoms with Crippen molar-refractivity contribution >= 4 is 22.3 Å². The van der Waals surface area contributed by atoms with Crippen molar-refractivity contribution in [3.05, 3.63) is 57.5 Å². The van der Waals surface area contributed by atoms with Crippen LogP contribution < -0.4 is 5.32 Å². The van der Waals surface area contributed by atoms with Crippen molar-refractivity contribution in [2.75, 3.05) is 0 Å². The van der Waals surface area contributed by atoms with Crippen molar-refractivity contribution in [2.45, 2.75) is 33.4 Å². The lowest BCUT2D eigenvalue weighted by Gasteiger charge is -2.10. The topological polar surface area (TPSA) is 25.2 Å². The molecule has 3 heteroatoms. The Morgan fingerprint density at radius 1 is 1.20 bits per heavy atom. The molecule has 1 unspecified atom stereocenters. The molecule has 0 aliphatic heterocycles. The van der Waals surface area contributed by atoms with Gasteiger partial charge in [-0.25, -0.2) is 0 Å². The second-order valence-corrected chi connectivity index (χ2v) is 6.69. The summed E-state index contributed by atoms with van der Waals surface area (Å²) in [6, 6.07) is 12.7. The van der Waals surface area contributed by atoms with Crippen molar-refractivity contribution in [3.63, 3.8) is 0 Å². The second-order valence-electron chi connectivity index (χ2n) is 5.23. The van der Waals surface area contributed by atoms with Crippen LogP contribution in [0, 0.1) is 13.8 Å². The molecular formula is C17H19NOS. The van der Waals surface area contributed by atoms with Gasteiger partial charge in [0.25, 0.3) is 0 Å². The van der Waals surface area contributed by atoms with Gasteiger partial charge in [-0.2, -0.15) is 0 Å². The lowest BCUT2D eigenvalue weighted by molar-refractivity contribution is 0.451. The summed E-state index contributed by atoms with van der Waals surface area (Å²) in [5, 5.41) is 4.71. The van der Waals surface area contributed by atoms with Crippen LogP contribution in [0.25, 0.3) is 11.0 Å². The van der Waals surface area contributed by atoms with Crippen LogP contribution >= 0.6 is 11.3 Å². The first-order chi connectivity index (χ1) is 9.63. The maximum Gasteiger partial charge on any atom is 0.134 e. The fourth-order valence-corrected chi connectivity index (χ4v) is 3.38. The van der Waals surface area contributed by atoms with E-state index in [1.165, 1.54) is 20.7 Å². The summed E-state index contributed by atoms with van der Waals surface area (Å²) in [7, 11) is 0. The molecule has 1 atom stereocenters. The first kappa shape index (κ1) is 13.4. The van der Waals surface area contributed by atoms with E-state index in [4.69, 9.17) is 4.42 Å². The molecule has 0 saturated carbocycles. The Labute approximate surface area is 123 Å². The predicted octanol–water partition coefficient (Wildman–Crippen LogP) is 4.96. The fourth-order valence-electron chi connectivity index (χ4n) is 2.44. The van der Waals surface area contributed by atoms with E-state index in [9.17, 15) is 0 Å². The zero-order valence-corrected chi connectivity index (χ0v) is 12.9.